The van der Waals surface area contributed by atoms with Crippen LogP contribution < -0.4 is 5.73 Å². The molecule has 2 atom stereocenters. The standard InChI is InChI=1S/C12H27N3O/c1-4-16-12(9-13)6-8-15-7-5-11(10-15)14(2)3/h11-12H,4-10,13H2,1-3H3. The second-order valence-electron chi connectivity index (χ2n) is 4.81. The van der Waals surface area contributed by atoms with Crippen molar-refractivity contribution in [2.45, 2.75) is 31.9 Å². The van der Waals surface area contributed by atoms with Crippen molar-refractivity contribution in [3.05, 3.63) is 0 Å². The predicted octanol–water partition coefficient (Wildman–Crippen LogP) is 0.376. The summed E-state index contributed by atoms with van der Waals surface area (Å²) in [6, 6.07) is 0.725. The van der Waals surface area contributed by atoms with Gasteiger partial charge in [-0.1, -0.05) is 0 Å². The van der Waals surface area contributed by atoms with E-state index in [-0.39, 0.29) is 6.10 Å². The lowest BCUT2D eigenvalue weighted by Gasteiger charge is -2.22. The van der Waals surface area contributed by atoms with Crippen molar-refractivity contribution >= 4 is 0 Å². The van der Waals surface area contributed by atoms with E-state index in [0.29, 0.717) is 6.54 Å². The van der Waals surface area contributed by atoms with Crippen LogP contribution in [0.25, 0.3) is 0 Å². The van der Waals surface area contributed by atoms with Crippen LogP contribution in [0.2, 0.25) is 0 Å². The van der Waals surface area contributed by atoms with Gasteiger partial charge in [0, 0.05) is 32.3 Å². The van der Waals surface area contributed by atoms with Crippen molar-refractivity contribution in [2.24, 2.45) is 5.73 Å². The van der Waals surface area contributed by atoms with Crippen LogP contribution in [0.5, 0.6) is 0 Å². The molecule has 2 N–H and O–H groups in total. The van der Waals surface area contributed by atoms with E-state index in [4.69, 9.17) is 10.5 Å². The fourth-order valence-corrected chi connectivity index (χ4v) is 2.27. The maximum absolute atomic E-state index is 5.67. The highest BCUT2D eigenvalue weighted by molar-refractivity contribution is 4.81. The van der Waals surface area contributed by atoms with Gasteiger partial charge in [-0.2, -0.15) is 0 Å². The Balaban J connectivity index is 2.18. The van der Waals surface area contributed by atoms with Crippen molar-refractivity contribution < 1.29 is 4.74 Å². The Morgan fingerprint density at radius 1 is 1.50 bits per heavy atom. The summed E-state index contributed by atoms with van der Waals surface area (Å²) in [5.74, 6) is 0. The molecule has 0 radical (unpaired) electrons. The zero-order valence-corrected chi connectivity index (χ0v) is 11.0. The van der Waals surface area contributed by atoms with Crippen molar-refractivity contribution in [1.29, 1.82) is 0 Å². The number of nitrogens with two attached hydrogens (primary N) is 1. The molecule has 96 valence electrons. The largest absolute Gasteiger partial charge is 0.377 e. The molecule has 1 heterocycles. The van der Waals surface area contributed by atoms with Crippen LogP contribution >= 0.6 is 0 Å². The van der Waals surface area contributed by atoms with Gasteiger partial charge in [0.25, 0.3) is 0 Å². The number of ether oxygens (including phenoxy) is 1. The van der Waals surface area contributed by atoms with Gasteiger partial charge in [0.05, 0.1) is 6.10 Å². The molecule has 0 spiro atoms. The maximum Gasteiger partial charge on any atom is 0.0709 e. The van der Waals surface area contributed by atoms with Gasteiger partial charge in [-0.25, -0.2) is 0 Å². The second-order valence-corrected chi connectivity index (χ2v) is 4.81. The first-order valence-electron chi connectivity index (χ1n) is 6.37. The smallest absolute Gasteiger partial charge is 0.0709 e. The van der Waals surface area contributed by atoms with Gasteiger partial charge in [0.1, 0.15) is 0 Å². The highest BCUT2D eigenvalue weighted by atomic mass is 16.5. The number of nitrogens with zero attached hydrogens (tertiary/aromatic N) is 2. The fraction of sp³-hybridized carbons (Fsp3) is 1.00. The van der Waals surface area contributed by atoms with Crippen LogP contribution in [0.4, 0.5) is 0 Å². The average molecular weight is 229 g/mol. The van der Waals surface area contributed by atoms with E-state index in [1.54, 1.807) is 0 Å². The number of likely N-dealkylation sites (N-methyl/N-ethyl adjacent to an activating group) is 1. The minimum Gasteiger partial charge on any atom is -0.377 e. The summed E-state index contributed by atoms with van der Waals surface area (Å²) in [7, 11) is 4.33. The third kappa shape index (κ3) is 4.37. The Hall–Kier alpha value is -0.160. The van der Waals surface area contributed by atoms with Gasteiger partial charge in [0.2, 0.25) is 0 Å². The summed E-state index contributed by atoms with van der Waals surface area (Å²) < 4.78 is 5.56. The van der Waals surface area contributed by atoms with Gasteiger partial charge >= 0.3 is 0 Å². The number of hydrogen-bond donors (Lipinski definition) is 1. The number of rotatable bonds is 7. The summed E-state index contributed by atoms with van der Waals surface area (Å²) in [4.78, 5) is 4.84. The van der Waals surface area contributed by atoms with E-state index < -0.39 is 0 Å². The summed E-state index contributed by atoms with van der Waals surface area (Å²) in [6.45, 7) is 6.95. The van der Waals surface area contributed by atoms with Crippen LogP contribution in [0.3, 0.4) is 0 Å². The molecule has 1 aliphatic heterocycles. The highest BCUT2D eigenvalue weighted by Gasteiger charge is 2.23. The van der Waals surface area contributed by atoms with E-state index in [1.807, 2.05) is 6.92 Å². The topological polar surface area (TPSA) is 41.7 Å². The molecular weight excluding hydrogens is 202 g/mol. The first-order valence-corrected chi connectivity index (χ1v) is 6.37. The van der Waals surface area contributed by atoms with E-state index in [9.17, 15) is 0 Å². The Morgan fingerprint density at radius 2 is 2.25 bits per heavy atom. The Labute approximate surface area is 99.7 Å². The average Bonchev–Trinajstić information content (AvgIpc) is 2.73. The molecule has 1 fully saturated rings. The zero-order valence-electron chi connectivity index (χ0n) is 11.0. The monoisotopic (exact) mass is 229 g/mol. The molecule has 1 aliphatic rings. The summed E-state index contributed by atoms with van der Waals surface area (Å²) >= 11 is 0. The van der Waals surface area contributed by atoms with Crippen LogP contribution in [0.1, 0.15) is 19.8 Å². The minimum atomic E-state index is 0.239. The number of hydrogen-bond acceptors (Lipinski definition) is 4. The van der Waals surface area contributed by atoms with E-state index >= 15 is 0 Å². The molecule has 0 aliphatic carbocycles. The normalized spacial score (nSPS) is 24.2. The molecule has 0 aromatic heterocycles. The van der Waals surface area contributed by atoms with E-state index in [1.165, 1.54) is 19.5 Å². The lowest BCUT2D eigenvalue weighted by molar-refractivity contribution is 0.0558. The van der Waals surface area contributed by atoms with Gasteiger partial charge in [-0.3, -0.25) is 0 Å². The van der Waals surface area contributed by atoms with Gasteiger partial charge in [0.15, 0.2) is 0 Å². The van der Waals surface area contributed by atoms with Crippen LogP contribution in [-0.4, -0.2) is 68.8 Å². The molecule has 2 unspecified atom stereocenters. The van der Waals surface area contributed by atoms with E-state index in [2.05, 4.69) is 23.9 Å². The molecule has 0 aromatic carbocycles. The lowest BCUT2D eigenvalue weighted by Crippen LogP contribution is -2.34. The van der Waals surface area contributed by atoms with Crippen molar-refractivity contribution in [3.63, 3.8) is 0 Å². The third-order valence-corrected chi connectivity index (χ3v) is 3.41. The summed E-state index contributed by atoms with van der Waals surface area (Å²) in [6.07, 6.45) is 2.59. The minimum absolute atomic E-state index is 0.239. The molecule has 0 aromatic rings. The van der Waals surface area contributed by atoms with Gasteiger partial charge in [-0.15, -0.1) is 0 Å². The Bertz CT molecular complexity index is 187. The summed E-state index contributed by atoms with van der Waals surface area (Å²) in [5.41, 5.74) is 5.67. The van der Waals surface area contributed by atoms with Crippen molar-refractivity contribution in [3.8, 4) is 0 Å². The van der Waals surface area contributed by atoms with E-state index in [0.717, 1.165) is 25.6 Å². The molecule has 1 saturated heterocycles. The Morgan fingerprint density at radius 3 is 2.75 bits per heavy atom. The molecule has 4 heteroatoms. The molecule has 0 bridgehead atoms. The molecular formula is C12H27N3O. The molecule has 0 saturated carbocycles. The van der Waals surface area contributed by atoms with Crippen molar-refractivity contribution in [1.82, 2.24) is 9.80 Å². The van der Waals surface area contributed by atoms with Gasteiger partial charge in [-0.05, 0) is 40.4 Å². The maximum atomic E-state index is 5.67. The molecule has 1 rings (SSSR count). The van der Waals surface area contributed by atoms with Gasteiger partial charge < -0.3 is 20.3 Å². The van der Waals surface area contributed by atoms with Crippen LogP contribution in [0, 0.1) is 0 Å². The first kappa shape index (κ1) is 13.9. The zero-order chi connectivity index (χ0) is 12.0. The van der Waals surface area contributed by atoms with Crippen molar-refractivity contribution in [2.75, 3.05) is 46.9 Å². The van der Waals surface area contributed by atoms with Crippen LogP contribution in [0.15, 0.2) is 0 Å². The van der Waals surface area contributed by atoms with Crippen LogP contribution in [-0.2, 0) is 4.74 Å². The molecule has 0 amide bonds. The third-order valence-electron chi connectivity index (χ3n) is 3.41. The summed E-state index contributed by atoms with van der Waals surface area (Å²) in [5, 5.41) is 0. The molecule has 16 heavy (non-hydrogen) atoms. The first-order chi connectivity index (χ1) is 7.67. The second kappa shape index (κ2) is 7.22. The Kier molecular flexibility index (Phi) is 6.28. The lowest BCUT2D eigenvalue weighted by atomic mass is 10.2. The molecule has 4 nitrogen and oxygen atoms in total. The SMILES string of the molecule is CCOC(CN)CCN1CCC(N(C)C)C1. The number of likely N-dealkylation sites (tertiary alicyclic amines) is 1. The highest BCUT2D eigenvalue weighted by Crippen LogP contribution is 2.14. The quantitative estimate of drug-likeness (QED) is 0.685. The fourth-order valence-electron chi connectivity index (χ4n) is 2.27. The predicted molar refractivity (Wildman–Crippen MR) is 67.6 cm³/mol.